The average Bonchev–Trinajstić information content (AvgIpc) is 2.36. The molecule has 0 bridgehead atoms. The van der Waals surface area contributed by atoms with Crippen molar-refractivity contribution in [3.05, 3.63) is 0 Å². The molecule has 96 valence electrons. The van der Waals surface area contributed by atoms with E-state index in [2.05, 4.69) is 25.7 Å². The fourth-order valence-corrected chi connectivity index (χ4v) is 2.78. The Morgan fingerprint density at radius 2 is 2.19 bits per heavy atom. The highest BCUT2D eigenvalue weighted by Gasteiger charge is 2.29. The fraction of sp³-hybridized carbons (Fsp3) is 1.00. The van der Waals surface area contributed by atoms with Crippen LogP contribution in [0, 0.1) is 5.92 Å². The van der Waals surface area contributed by atoms with Crippen LogP contribution in [0.25, 0.3) is 0 Å². The fourth-order valence-electron chi connectivity index (χ4n) is 2.78. The molecule has 0 aliphatic carbocycles. The Balaban J connectivity index is 2.61. The van der Waals surface area contributed by atoms with Gasteiger partial charge >= 0.3 is 0 Å². The van der Waals surface area contributed by atoms with Crippen molar-refractivity contribution in [3.8, 4) is 0 Å². The van der Waals surface area contributed by atoms with Crippen LogP contribution in [-0.2, 0) is 4.74 Å². The summed E-state index contributed by atoms with van der Waals surface area (Å²) in [6, 6.07) is 1.13. The second kappa shape index (κ2) is 7.25. The van der Waals surface area contributed by atoms with Crippen LogP contribution in [-0.4, -0.2) is 43.3 Å². The number of ether oxygens (including phenoxy) is 1. The van der Waals surface area contributed by atoms with Crippen LogP contribution in [0.3, 0.4) is 0 Å². The van der Waals surface area contributed by atoms with E-state index in [0.717, 1.165) is 26.3 Å². The second-order valence-corrected chi connectivity index (χ2v) is 4.87. The molecule has 3 atom stereocenters. The number of nitrogens with two attached hydrogens (primary N) is 1. The molecular formula is C13H28N2O. The van der Waals surface area contributed by atoms with Crippen LogP contribution in [0.2, 0.25) is 0 Å². The van der Waals surface area contributed by atoms with E-state index in [1.54, 1.807) is 0 Å². The third-order valence-electron chi connectivity index (χ3n) is 3.93. The Morgan fingerprint density at radius 1 is 1.44 bits per heavy atom. The SMILES string of the molecule is CCC(C)N(CC)C(CN)C1CCCOC1. The number of nitrogens with zero attached hydrogens (tertiary/aromatic N) is 1. The molecule has 0 amide bonds. The van der Waals surface area contributed by atoms with Crippen LogP contribution < -0.4 is 5.73 Å². The summed E-state index contributed by atoms with van der Waals surface area (Å²) in [4.78, 5) is 2.55. The van der Waals surface area contributed by atoms with Gasteiger partial charge in [-0.1, -0.05) is 13.8 Å². The van der Waals surface area contributed by atoms with E-state index in [1.807, 2.05) is 0 Å². The lowest BCUT2D eigenvalue weighted by molar-refractivity contribution is 0.00207. The number of hydrogen-bond acceptors (Lipinski definition) is 3. The molecule has 0 aromatic heterocycles. The lowest BCUT2D eigenvalue weighted by atomic mass is 9.91. The first kappa shape index (κ1) is 13.9. The van der Waals surface area contributed by atoms with Gasteiger partial charge < -0.3 is 10.5 Å². The Hall–Kier alpha value is -0.120. The zero-order chi connectivity index (χ0) is 12.0. The van der Waals surface area contributed by atoms with Crippen molar-refractivity contribution in [2.24, 2.45) is 11.7 Å². The number of hydrogen-bond donors (Lipinski definition) is 1. The predicted molar refractivity (Wildman–Crippen MR) is 68.5 cm³/mol. The topological polar surface area (TPSA) is 38.5 Å². The molecule has 1 aliphatic heterocycles. The molecule has 2 N–H and O–H groups in total. The van der Waals surface area contributed by atoms with Gasteiger partial charge in [0.15, 0.2) is 0 Å². The molecule has 1 fully saturated rings. The summed E-state index contributed by atoms with van der Waals surface area (Å²) in [5.41, 5.74) is 5.98. The maximum atomic E-state index is 5.98. The van der Waals surface area contributed by atoms with E-state index in [9.17, 15) is 0 Å². The van der Waals surface area contributed by atoms with Gasteiger partial charge in [0, 0.05) is 25.2 Å². The average molecular weight is 228 g/mol. The minimum Gasteiger partial charge on any atom is -0.381 e. The lowest BCUT2D eigenvalue weighted by Gasteiger charge is -2.40. The van der Waals surface area contributed by atoms with Crippen molar-refractivity contribution < 1.29 is 4.74 Å². The zero-order valence-electron chi connectivity index (χ0n) is 11.1. The Kier molecular flexibility index (Phi) is 6.32. The molecular weight excluding hydrogens is 200 g/mol. The molecule has 3 heteroatoms. The van der Waals surface area contributed by atoms with E-state index < -0.39 is 0 Å². The smallest absolute Gasteiger partial charge is 0.0509 e. The normalized spacial score (nSPS) is 25.7. The van der Waals surface area contributed by atoms with Gasteiger partial charge in [-0.25, -0.2) is 0 Å². The summed E-state index contributed by atoms with van der Waals surface area (Å²) in [7, 11) is 0. The number of rotatable bonds is 6. The van der Waals surface area contributed by atoms with Gasteiger partial charge in [-0.3, -0.25) is 4.90 Å². The van der Waals surface area contributed by atoms with E-state index in [1.165, 1.54) is 19.3 Å². The molecule has 0 saturated carbocycles. The predicted octanol–water partition coefficient (Wildman–Crippen LogP) is 1.86. The molecule has 1 aliphatic rings. The van der Waals surface area contributed by atoms with Crippen LogP contribution in [0.5, 0.6) is 0 Å². The van der Waals surface area contributed by atoms with Crippen molar-refractivity contribution in [3.63, 3.8) is 0 Å². The molecule has 16 heavy (non-hydrogen) atoms. The largest absolute Gasteiger partial charge is 0.381 e. The maximum absolute atomic E-state index is 5.98. The van der Waals surface area contributed by atoms with Gasteiger partial charge in [0.2, 0.25) is 0 Å². The monoisotopic (exact) mass is 228 g/mol. The third-order valence-corrected chi connectivity index (χ3v) is 3.93. The van der Waals surface area contributed by atoms with Crippen LogP contribution in [0.15, 0.2) is 0 Å². The summed E-state index contributed by atoms with van der Waals surface area (Å²) in [6.45, 7) is 10.5. The summed E-state index contributed by atoms with van der Waals surface area (Å²) < 4.78 is 5.59. The minimum atomic E-state index is 0.500. The van der Waals surface area contributed by atoms with Crippen molar-refractivity contribution in [1.82, 2.24) is 4.90 Å². The first-order valence-corrected chi connectivity index (χ1v) is 6.78. The number of likely N-dealkylation sites (N-methyl/N-ethyl adjacent to an activating group) is 1. The zero-order valence-corrected chi connectivity index (χ0v) is 11.1. The van der Waals surface area contributed by atoms with E-state index >= 15 is 0 Å². The van der Waals surface area contributed by atoms with Crippen molar-refractivity contribution in [2.75, 3.05) is 26.3 Å². The first-order chi connectivity index (χ1) is 7.74. The molecule has 1 rings (SSSR count). The van der Waals surface area contributed by atoms with Crippen LogP contribution in [0.4, 0.5) is 0 Å². The minimum absolute atomic E-state index is 0.500. The highest BCUT2D eigenvalue weighted by atomic mass is 16.5. The second-order valence-electron chi connectivity index (χ2n) is 4.87. The lowest BCUT2D eigenvalue weighted by Crippen LogP contribution is -2.51. The molecule has 3 nitrogen and oxygen atoms in total. The summed E-state index contributed by atoms with van der Waals surface area (Å²) in [5, 5.41) is 0. The first-order valence-electron chi connectivity index (χ1n) is 6.78. The van der Waals surface area contributed by atoms with Gasteiger partial charge in [-0.15, -0.1) is 0 Å². The third kappa shape index (κ3) is 3.44. The molecule has 3 unspecified atom stereocenters. The molecule has 0 aromatic carbocycles. The van der Waals surface area contributed by atoms with Crippen molar-refractivity contribution in [1.29, 1.82) is 0 Å². The molecule has 0 spiro atoms. The molecule has 0 radical (unpaired) electrons. The molecule has 0 aromatic rings. The van der Waals surface area contributed by atoms with Gasteiger partial charge in [-0.2, -0.15) is 0 Å². The Labute approximate surface area is 100 Å². The highest BCUT2D eigenvalue weighted by Crippen LogP contribution is 2.23. The quantitative estimate of drug-likeness (QED) is 0.754. The maximum Gasteiger partial charge on any atom is 0.0509 e. The molecule has 1 heterocycles. The van der Waals surface area contributed by atoms with Gasteiger partial charge in [0.1, 0.15) is 0 Å². The Bertz CT molecular complexity index is 181. The summed E-state index contributed by atoms with van der Waals surface area (Å²) in [5.74, 6) is 0.632. The van der Waals surface area contributed by atoms with Crippen LogP contribution >= 0.6 is 0 Å². The molecule has 1 saturated heterocycles. The summed E-state index contributed by atoms with van der Waals surface area (Å²) in [6.07, 6.45) is 3.66. The highest BCUT2D eigenvalue weighted by molar-refractivity contribution is 4.84. The van der Waals surface area contributed by atoms with E-state index in [4.69, 9.17) is 10.5 Å². The van der Waals surface area contributed by atoms with E-state index in [-0.39, 0.29) is 0 Å². The van der Waals surface area contributed by atoms with Crippen molar-refractivity contribution in [2.45, 2.75) is 52.1 Å². The van der Waals surface area contributed by atoms with Gasteiger partial charge in [0.05, 0.1) is 6.61 Å². The van der Waals surface area contributed by atoms with Crippen LogP contribution in [0.1, 0.15) is 40.0 Å². The van der Waals surface area contributed by atoms with Crippen molar-refractivity contribution >= 4 is 0 Å². The van der Waals surface area contributed by atoms with Gasteiger partial charge in [-0.05, 0) is 38.6 Å². The standard InChI is InChI=1S/C13H28N2O/c1-4-11(3)15(5-2)13(9-14)12-7-6-8-16-10-12/h11-13H,4-10,14H2,1-3H3. The van der Waals surface area contributed by atoms with E-state index in [0.29, 0.717) is 18.0 Å². The van der Waals surface area contributed by atoms with Gasteiger partial charge in [0.25, 0.3) is 0 Å². The summed E-state index contributed by atoms with van der Waals surface area (Å²) >= 11 is 0. The Morgan fingerprint density at radius 3 is 2.62 bits per heavy atom.